The van der Waals surface area contributed by atoms with Crippen molar-refractivity contribution in [2.45, 2.75) is 46.8 Å². The molecule has 3 aromatic carbocycles. The fraction of sp³-hybridized carbons (Fsp3) is 0.400. The lowest BCUT2D eigenvalue weighted by Gasteiger charge is -2.38. The first kappa shape index (κ1) is 31.4. The Bertz CT molecular complexity index is 1590. The summed E-state index contributed by atoms with van der Waals surface area (Å²) in [6, 6.07) is 21.8. The summed E-state index contributed by atoms with van der Waals surface area (Å²) in [5.74, 6) is 1.43. The van der Waals surface area contributed by atoms with Gasteiger partial charge in [-0.05, 0) is 62.7 Å². The van der Waals surface area contributed by atoms with Gasteiger partial charge in [-0.15, -0.1) is 0 Å². The van der Waals surface area contributed by atoms with Crippen LogP contribution in [0.2, 0.25) is 0 Å². The number of para-hydroxylation sites is 1. The van der Waals surface area contributed by atoms with Gasteiger partial charge in [0, 0.05) is 37.8 Å². The SMILES string of the molecule is CNS(=O)(=O)c1cccc(OC[C@@H](O)CNC2COC3(CCN(S(=O)(=O)c4cccc(Oc5ccccc5)c4)CC3)C2)c1. The van der Waals surface area contributed by atoms with Gasteiger partial charge in [0.25, 0.3) is 0 Å². The van der Waals surface area contributed by atoms with Gasteiger partial charge in [0.15, 0.2) is 0 Å². The van der Waals surface area contributed by atoms with Gasteiger partial charge in [0.1, 0.15) is 30.0 Å². The van der Waals surface area contributed by atoms with Gasteiger partial charge in [0.2, 0.25) is 20.0 Å². The lowest BCUT2D eigenvalue weighted by Crippen LogP contribution is -2.47. The number of nitrogens with one attached hydrogen (secondary N) is 2. The zero-order chi connectivity index (χ0) is 30.5. The van der Waals surface area contributed by atoms with Gasteiger partial charge < -0.3 is 24.6 Å². The number of piperidine rings is 1. The minimum absolute atomic E-state index is 0.00808. The first-order valence-corrected chi connectivity index (χ1v) is 17.1. The van der Waals surface area contributed by atoms with Gasteiger partial charge in [-0.1, -0.05) is 30.3 Å². The van der Waals surface area contributed by atoms with E-state index < -0.39 is 31.8 Å². The van der Waals surface area contributed by atoms with Crippen molar-refractivity contribution in [1.29, 1.82) is 0 Å². The van der Waals surface area contributed by atoms with Crippen molar-refractivity contribution in [1.82, 2.24) is 14.3 Å². The van der Waals surface area contributed by atoms with Crippen LogP contribution in [-0.4, -0.2) is 83.9 Å². The Morgan fingerprint density at radius 1 is 0.930 bits per heavy atom. The lowest BCUT2D eigenvalue weighted by molar-refractivity contribution is -0.0312. The van der Waals surface area contributed by atoms with Crippen molar-refractivity contribution in [3.05, 3.63) is 78.9 Å². The molecule has 0 bridgehead atoms. The lowest BCUT2D eigenvalue weighted by atomic mass is 9.88. The van der Waals surface area contributed by atoms with Gasteiger partial charge in [-0.25, -0.2) is 21.6 Å². The highest BCUT2D eigenvalue weighted by Gasteiger charge is 2.44. The quantitative estimate of drug-likeness (QED) is 0.275. The van der Waals surface area contributed by atoms with Crippen LogP contribution < -0.4 is 19.5 Å². The zero-order valence-electron chi connectivity index (χ0n) is 23.9. The Kier molecular flexibility index (Phi) is 9.71. The molecule has 11 nitrogen and oxygen atoms in total. The molecule has 43 heavy (non-hydrogen) atoms. The highest BCUT2D eigenvalue weighted by Crippen LogP contribution is 2.37. The van der Waals surface area contributed by atoms with Crippen molar-refractivity contribution >= 4 is 20.0 Å². The summed E-state index contributed by atoms with van der Waals surface area (Å²) in [6.07, 6.45) is 1.03. The maximum Gasteiger partial charge on any atom is 0.243 e. The molecule has 2 saturated heterocycles. The minimum Gasteiger partial charge on any atom is -0.491 e. The Balaban J connectivity index is 1.08. The van der Waals surface area contributed by atoms with Crippen molar-refractivity contribution in [2.75, 3.05) is 39.9 Å². The number of hydrogen-bond acceptors (Lipinski definition) is 9. The first-order valence-electron chi connectivity index (χ1n) is 14.1. The number of nitrogens with zero attached hydrogens (tertiary/aromatic N) is 1. The molecule has 2 fully saturated rings. The Labute approximate surface area is 252 Å². The summed E-state index contributed by atoms with van der Waals surface area (Å²) in [7, 11) is -5.96. The zero-order valence-corrected chi connectivity index (χ0v) is 25.5. The second-order valence-electron chi connectivity index (χ2n) is 10.7. The molecule has 0 aromatic heterocycles. The number of aliphatic hydroxyl groups is 1. The summed E-state index contributed by atoms with van der Waals surface area (Å²) in [4.78, 5) is 0.272. The number of rotatable bonds is 12. The summed E-state index contributed by atoms with van der Waals surface area (Å²) in [6.45, 7) is 1.40. The molecule has 1 unspecified atom stereocenters. The molecular weight excluding hydrogens is 594 g/mol. The normalized spacial score (nSPS) is 19.7. The maximum absolute atomic E-state index is 13.4. The van der Waals surface area contributed by atoms with Crippen LogP contribution in [0.5, 0.6) is 17.2 Å². The Morgan fingerprint density at radius 3 is 2.30 bits per heavy atom. The average molecular weight is 632 g/mol. The van der Waals surface area contributed by atoms with E-state index in [-0.39, 0.29) is 29.0 Å². The van der Waals surface area contributed by atoms with E-state index in [0.717, 1.165) is 0 Å². The third-order valence-electron chi connectivity index (χ3n) is 7.73. The van der Waals surface area contributed by atoms with Crippen LogP contribution in [0, 0.1) is 0 Å². The number of aliphatic hydroxyl groups excluding tert-OH is 1. The van der Waals surface area contributed by atoms with Crippen LogP contribution in [0.15, 0.2) is 88.7 Å². The number of hydrogen-bond donors (Lipinski definition) is 3. The topological polar surface area (TPSA) is 144 Å². The summed E-state index contributed by atoms with van der Waals surface area (Å²) in [5, 5.41) is 13.8. The van der Waals surface area contributed by atoms with Crippen LogP contribution in [0.3, 0.4) is 0 Å². The van der Waals surface area contributed by atoms with Crippen molar-refractivity contribution < 1.29 is 36.2 Å². The van der Waals surface area contributed by atoms with Crippen molar-refractivity contribution in [2.24, 2.45) is 0 Å². The Hall–Kier alpha value is -3.04. The number of ether oxygens (including phenoxy) is 3. The van der Waals surface area contributed by atoms with E-state index in [1.165, 1.54) is 23.5 Å². The second-order valence-corrected chi connectivity index (χ2v) is 14.6. The van der Waals surface area contributed by atoms with Crippen molar-refractivity contribution in [3.63, 3.8) is 0 Å². The molecule has 1 spiro atoms. The number of benzene rings is 3. The predicted molar refractivity (Wildman–Crippen MR) is 160 cm³/mol. The third-order valence-corrected chi connectivity index (χ3v) is 11.0. The molecule has 2 atom stereocenters. The third kappa shape index (κ3) is 7.73. The molecule has 2 heterocycles. The van der Waals surface area contributed by atoms with Gasteiger partial charge in [-0.3, -0.25) is 0 Å². The molecule has 5 rings (SSSR count). The van der Waals surface area contributed by atoms with E-state index in [0.29, 0.717) is 56.2 Å². The van der Waals surface area contributed by atoms with Crippen LogP contribution in [0.25, 0.3) is 0 Å². The summed E-state index contributed by atoms with van der Waals surface area (Å²) < 4.78 is 72.2. The van der Waals surface area contributed by atoms with E-state index in [1.807, 2.05) is 30.3 Å². The molecular formula is C30H37N3O8S2. The van der Waals surface area contributed by atoms with E-state index in [9.17, 15) is 21.9 Å². The van der Waals surface area contributed by atoms with E-state index in [4.69, 9.17) is 14.2 Å². The van der Waals surface area contributed by atoms with Crippen LogP contribution >= 0.6 is 0 Å². The highest BCUT2D eigenvalue weighted by atomic mass is 32.2. The molecule has 232 valence electrons. The number of sulfonamides is 2. The summed E-state index contributed by atoms with van der Waals surface area (Å²) in [5.41, 5.74) is -0.414. The molecule has 0 saturated carbocycles. The van der Waals surface area contributed by atoms with Gasteiger partial charge >= 0.3 is 0 Å². The summed E-state index contributed by atoms with van der Waals surface area (Å²) >= 11 is 0. The first-order chi connectivity index (χ1) is 20.6. The molecule has 3 aromatic rings. The maximum atomic E-state index is 13.4. The van der Waals surface area contributed by atoms with Crippen LogP contribution in [-0.2, 0) is 24.8 Å². The molecule has 13 heteroatoms. The smallest absolute Gasteiger partial charge is 0.243 e. The van der Waals surface area contributed by atoms with Gasteiger partial charge in [0.05, 0.1) is 22.0 Å². The minimum atomic E-state index is -3.70. The fourth-order valence-electron chi connectivity index (χ4n) is 5.33. The molecule has 2 aliphatic heterocycles. The molecule has 0 radical (unpaired) electrons. The van der Waals surface area contributed by atoms with Gasteiger partial charge in [-0.2, -0.15) is 4.31 Å². The van der Waals surface area contributed by atoms with Crippen LogP contribution in [0.4, 0.5) is 0 Å². The molecule has 2 aliphatic rings. The monoisotopic (exact) mass is 631 g/mol. The highest BCUT2D eigenvalue weighted by molar-refractivity contribution is 7.89. The molecule has 3 N–H and O–H groups in total. The fourth-order valence-corrected chi connectivity index (χ4v) is 7.57. The van der Waals surface area contributed by atoms with E-state index in [1.54, 1.807) is 36.4 Å². The van der Waals surface area contributed by atoms with E-state index in [2.05, 4.69) is 10.0 Å². The predicted octanol–water partition coefficient (Wildman–Crippen LogP) is 2.73. The van der Waals surface area contributed by atoms with E-state index >= 15 is 0 Å². The standard InChI is InChI=1S/C30H37N3O8S2/c1-31-42(35,36)28-11-5-9-26(17-28)39-22-24(34)20-32-23-19-30(40-21-23)13-15-33(16-14-30)43(37,38)29-12-6-10-27(18-29)41-25-7-3-2-4-8-25/h2-12,17-18,23-24,31-32,34H,13-16,19-22H2,1H3/t23?,24-/m0/s1. The largest absolute Gasteiger partial charge is 0.491 e. The second kappa shape index (κ2) is 13.3. The average Bonchev–Trinajstić information content (AvgIpc) is 3.42. The van der Waals surface area contributed by atoms with Crippen molar-refractivity contribution in [3.8, 4) is 17.2 Å². The molecule has 0 amide bonds. The molecule has 0 aliphatic carbocycles. The van der Waals surface area contributed by atoms with Crippen LogP contribution in [0.1, 0.15) is 19.3 Å². The Morgan fingerprint density at radius 2 is 1.58 bits per heavy atom.